The van der Waals surface area contributed by atoms with Crippen LogP contribution in [0.15, 0.2) is 23.2 Å². The Morgan fingerprint density at radius 2 is 1.88 bits per heavy atom. The van der Waals surface area contributed by atoms with Gasteiger partial charge < -0.3 is 37.8 Å². The van der Waals surface area contributed by atoms with E-state index in [4.69, 9.17) is 22.3 Å². The second-order valence-electron chi connectivity index (χ2n) is 5.48. The van der Waals surface area contributed by atoms with Crippen LogP contribution in [0.5, 0.6) is 11.5 Å². The summed E-state index contributed by atoms with van der Waals surface area (Å²) < 4.78 is 0. The van der Waals surface area contributed by atoms with E-state index < -0.39 is 24.0 Å². The van der Waals surface area contributed by atoms with Gasteiger partial charge in [0.1, 0.15) is 6.04 Å². The Morgan fingerprint density at radius 1 is 1.20 bits per heavy atom. The minimum Gasteiger partial charge on any atom is -0.504 e. The van der Waals surface area contributed by atoms with Crippen molar-refractivity contribution in [3.05, 3.63) is 23.8 Å². The Labute approximate surface area is 144 Å². The number of aliphatic imine (C=N–C) groups is 1. The lowest BCUT2D eigenvalue weighted by Gasteiger charge is -2.18. The van der Waals surface area contributed by atoms with Crippen molar-refractivity contribution in [3.8, 4) is 11.5 Å². The number of carbonyl (C=O) groups excluding carboxylic acids is 1. The van der Waals surface area contributed by atoms with Crippen molar-refractivity contribution >= 4 is 17.8 Å². The molecule has 1 aromatic carbocycles. The molecule has 10 heteroatoms. The smallest absolute Gasteiger partial charge is 0.326 e. The van der Waals surface area contributed by atoms with Gasteiger partial charge in [-0.2, -0.15) is 0 Å². The largest absolute Gasteiger partial charge is 0.504 e. The number of nitrogens with zero attached hydrogens (tertiary/aromatic N) is 1. The maximum absolute atomic E-state index is 12.1. The highest BCUT2D eigenvalue weighted by Gasteiger charge is 2.23. The summed E-state index contributed by atoms with van der Waals surface area (Å²) in [5.41, 5.74) is 16.7. The summed E-state index contributed by atoms with van der Waals surface area (Å²) in [5, 5.41) is 30.2. The molecule has 0 aromatic heterocycles. The molecule has 0 fully saturated rings. The zero-order chi connectivity index (χ0) is 19.0. The first-order valence-corrected chi connectivity index (χ1v) is 7.55. The Kier molecular flexibility index (Phi) is 7.47. The number of nitrogens with one attached hydrogen (secondary N) is 1. The minimum absolute atomic E-state index is 0.0695. The number of aliphatic carboxylic acids is 1. The second-order valence-corrected chi connectivity index (χ2v) is 5.48. The molecule has 1 amide bonds. The van der Waals surface area contributed by atoms with E-state index in [0.717, 1.165) is 0 Å². The van der Waals surface area contributed by atoms with Gasteiger partial charge in [-0.15, -0.1) is 0 Å². The van der Waals surface area contributed by atoms with Crippen LogP contribution in [0.4, 0.5) is 0 Å². The number of rotatable bonds is 9. The molecule has 0 aliphatic carbocycles. The second kappa shape index (κ2) is 9.33. The van der Waals surface area contributed by atoms with Crippen LogP contribution in [0.2, 0.25) is 0 Å². The van der Waals surface area contributed by atoms with Crippen LogP contribution in [0.3, 0.4) is 0 Å². The number of carboxylic acid groups (broad SMARTS) is 1. The van der Waals surface area contributed by atoms with Crippen LogP contribution in [0.25, 0.3) is 0 Å². The first-order chi connectivity index (χ1) is 11.7. The predicted molar refractivity (Wildman–Crippen MR) is 90.9 cm³/mol. The van der Waals surface area contributed by atoms with Gasteiger partial charge in [0.25, 0.3) is 0 Å². The summed E-state index contributed by atoms with van der Waals surface area (Å²) in [6.07, 6.45) is 0.584. The lowest BCUT2D eigenvalue weighted by atomic mass is 10.0. The quantitative estimate of drug-likeness (QED) is 0.121. The summed E-state index contributed by atoms with van der Waals surface area (Å²) >= 11 is 0. The van der Waals surface area contributed by atoms with Crippen molar-refractivity contribution in [2.24, 2.45) is 22.2 Å². The zero-order valence-corrected chi connectivity index (χ0v) is 13.6. The molecular weight excluding hydrogens is 330 g/mol. The fourth-order valence-electron chi connectivity index (χ4n) is 2.08. The highest BCUT2D eigenvalue weighted by Crippen LogP contribution is 2.25. The molecule has 1 rings (SSSR count). The van der Waals surface area contributed by atoms with E-state index in [1.54, 1.807) is 0 Å². The van der Waals surface area contributed by atoms with Gasteiger partial charge in [-0.3, -0.25) is 9.79 Å². The summed E-state index contributed by atoms with van der Waals surface area (Å²) in [6, 6.07) is 1.95. The van der Waals surface area contributed by atoms with E-state index in [2.05, 4.69) is 10.3 Å². The minimum atomic E-state index is -1.19. The maximum atomic E-state index is 12.1. The molecule has 0 saturated carbocycles. The van der Waals surface area contributed by atoms with Gasteiger partial charge in [0.05, 0.1) is 6.04 Å². The molecule has 0 saturated heterocycles. The van der Waals surface area contributed by atoms with Crippen molar-refractivity contribution in [2.45, 2.75) is 31.3 Å². The molecule has 138 valence electrons. The van der Waals surface area contributed by atoms with Crippen LogP contribution in [-0.2, 0) is 16.0 Å². The van der Waals surface area contributed by atoms with Gasteiger partial charge in [-0.25, -0.2) is 4.79 Å². The topological polar surface area (TPSA) is 197 Å². The highest BCUT2D eigenvalue weighted by atomic mass is 16.4. The number of benzene rings is 1. The summed E-state index contributed by atoms with van der Waals surface area (Å²) in [7, 11) is 0. The molecule has 0 radical (unpaired) electrons. The van der Waals surface area contributed by atoms with Crippen LogP contribution in [0.1, 0.15) is 18.4 Å². The monoisotopic (exact) mass is 353 g/mol. The third-order valence-electron chi connectivity index (χ3n) is 3.39. The SMILES string of the molecule is NC(N)=NCCC[C@H](NC(=O)[C@@H](N)Cc1ccc(O)c(O)c1)C(=O)O. The highest BCUT2D eigenvalue weighted by molar-refractivity contribution is 5.87. The van der Waals surface area contributed by atoms with Crippen molar-refractivity contribution in [1.82, 2.24) is 5.32 Å². The third-order valence-corrected chi connectivity index (χ3v) is 3.39. The fraction of sp³-hybridized carbons (Fsp3) is 0.400. The summed E-state index contributed by atoms with van der Waals surface area (Å²) in [4.78, 5) is 27.0. The van der Waals surface area contributed by atoms with E-state index >= 15 is 0 Å². The number of nitrogens with two attached hydrogens (primary N) is 3. The Bertz CT molecular complexity index is 645. The Morgan fingerprint density at radius 3 is 2.44 bits per heavy atom. The molecular formula is C15H23N5O5. The van der Waals surface area contributed by atoms with E-state index in [-0.39, 0.29) is 36.8 Å². The molecule has 2 atom stereocenters. The van der Waals surface area contributed by atoms with Crippen molar-refractivity contribution in [1.29, 1.82) is 0 Å². The van der Waals surface area contributed by atoms with E-state index in [1.807, 2.05) is 0 Å². The number of phenolic OH excluding ortho intramolecular Hbond substituents is 2. The van der Waals surface area contributed by atoms with Crippen LogP contribution in [0, 0.1) is 0 Å². The number of amides is 1. The van der Waals surface area contributed by atoms with Gasteiger partial charge in [0, 0.05) is 6.54 Å². The number of guanidine groups is 1. The molecule has 0 aliphatic heterocycles. The molecule has 0 bridgehead atoms. The van der Waals surface area contributed by atoms with Crippen molar-refractivity contribution in [2.75, 3.05) is 6.54 Å². The van der Waals surface area contributed by atoms with Gasteiger partial charge >= 0.3 is 5.97 Å². The number of phenols is 2. The van der Waals surface area contributed by atoms with Gasteiger partial charge in [-0.05, 0) is 37.0 Å². The maximum Gasteiger partial charge on any atom is 0.326 e. The zero-order valence-electron chi connectivity index (χ0n) is 13.6. The molecule has 10 N–H and O–H groups in total. The first-order valence-electron chi connectivity index (χ1n) is 7.55. The molecule has 10 nitrogen and oxygen atoms in total. The lowest BCUT2D eigenvalue weighted by molar-refractivity contribution is -0.142. The first kappa shape index (κ1) is 20.0. The van der Waals surface area contributed by atoms with Crippen LogP contribution >= 0.6 is 0 Å². The van der Waals surface area contributed by atoms with E-state index in [0.29, 0.717) is 12.0 Å². The van der Waals surface area contributed by atoms with E-state index in [9.17, 15) is 19.8 Å². The standard InChI is InChI=1S/C15H23N5O5/c16-9(6-8-3-4-11(21)12(22)7-8)13(23)20-10(14(24)25)2-1-5-19-15(17)18/h3-4,7,9-10,21-22H,1-2,5-6,16H2,(H,20,23)(H,24,25)(H4,17,18,19)/t9-,10-/m0/s1. The molecule has 25 heavy (non-hydrogen) atoms. The van der Waals surface area contributed by atoms with Gasteiger partial charge in [0.15, 0.2) is 17.5 Å². The summed E-state index contributed by atoms with van der Waals surface area (Å²) in [6.45, 7) is 0.251. The molecule has 0 unspecified atom stereocenters. The summed E-state index contributed by atoms with van der Waals surface area (Å²) in [5.74, 6) is -2.52. The number of carbonyl (C=O) groups is 2. The average molecular weight is 353 g/mol. The van der Waals surface area contributed by atoms with Gasteiger partial charge in [0.2, 0.25) is 5.91 Å². The molecule has 1 aromatic rings. The molecule has 0 heterocycles. The third kappa shape index (κ3) is 6.96. The van der Waals surface area contributed by atoms with Crippen LogP contribution in [-0.4, -0.2) is 51.8 Å². The van der Waals surface area contributed by atoms with Crippen molar-refractivity contribution < 1.29 is 24.9 Å². The number of hydrogen-bond donors (Lipinski definition) is 7. The Balaban J connectivity index is 2.58. The number of hydrogen-bond acceptors (Lipinski definition) is 6. The number of aromatic hydroxyl groups is 2. The fourth-order valence-corrected chi connectivity index (χ4v) is 2.08. The Hall–Kier alpha value is -3.01. The molecule has 0 spiro atoms. The van der Waals surface area contributed by atoms with E-state index in [1.165, 1.54) is 18.2 Å². The van der Waals surface area contributed by atoms with Crippen LogP contribution < -0.4 is 22.5 Å². The predicted octanol–water partition coefficient (Wildman–Crippen LogP) is -1.41. The van der Waals surface area contributed by atoms with Gasteiger partial charge in [-0.1, -0.05) is 6.07 Å². The molecule has 0 aliphatic rings. The number of carboxylic acids is 1. The normalized spacial score (nSPS) is 12.8. The van der Waals surface area contributed by atoms with Crippen molar-refractivity contribution in [3.63, 3.8) is 0 Å². The lowest BCUT2D eigenvalue weighted by Crippen LogP contribution is -2.49. The average Bonchev–Trinajstić information content (AvgIpc) is 2.53.